The Hall–Kier alpha value is -6.89. The summed E-state index contributed by atoms with van der Waals surface area (Å²) >= 11 is 0. The van der Waals surface area contributed by atoms with E-state index in [9.17, 15) is 43.2 Å². The molecular formula is C33H12O13. The van der Waals surface area contributed by atoms with Gasteiger partial charge in [-0.1, -0.05) is 24.3 Å². The maximum Gasteiger partial charge on any atom is 0.346 e. The summed E-state index contributed by atoms with van der Waals surface area (Å²) in [5.41, 5.74) is 2.57. The van der Waals surface area contributed by atoms with E-state index in [1.165, 1.54) is 60.7 Å². The maximum absolute atomic E-state index is 12.5. The molecule has 4 aliphatic heterocycles. The van der Waals surface area contributed by atoms with Gasteiger partial charge in [-0.25, -0.2) is 38.4 Å². The highest BCUT2D eigenvalue weighted by Crippen LogP contribution is 2.31. The lowest BCUT2D eigenvalue weighted by Gasteiger charge is -2.04. The molecule has 13 heteroatoms. The third-order valence-electron chi connectivity index (χ3n) is 7.44. The van der Waals surface area contributed by atoms with E-state index >= 15 is 0 Å². The molecule has 0 saturated carbocycles. The summed E-state index contributed by atoms with van der Waals surface area (Å²) in [6.07, 6.45) is 0. The summed E-state index contributed by atoms with van der Waals surface area (Å²) in [5, 5.41) is 0. The van der Waals surface area contributed by atoms with Crippen molar-refractivity contribution in [3.63, 3.8) is 0 Å². The van der Waals surface area contributed by atoms with E-state index in [0.717, 1.165) is 0 Å². The fourth-order valence-corrected chi connectivity index (χ4v) is 5.15. The minimum absolute atomic E-state index is 0.0154. The quantitative estimate of drug-likeness (QED) is 0.141. The van der Waals surface area contributed by atoms with Crippen LogP contribution in [0.15, 0.2) is 72.8 Å². The largest absolute Gasteiger partial charge is 0.386 e. The molecule has 0 saturated heterocycles. The molecule has 222 valence electrons. The van der Waals surface area contributed by atoms with E-state index in [0.29, 0.717) is 11.1 Å². The average molecular weight is 616 g/mol. The van der Waals surface area contributed by atoms with Gasteiger partial charge in [-0.15, -0.1) is 0 Å². The number of carbonyl (C=O) groups excluding carboxylic acids is 9. The topological polar surface area (TPSA) is 191 Å². The van der Waals surface area contributed by atoms with Crippen molar-refractivity contribution in [3.05, 3.63) is 128 Å². The van der Waals surface area contributed by atoms with Gasteiger partial charge in [-0.2, -0.15) is 0 Å². The molecule has 4 aromatic carbocycles. The van der Waals surface area contributed by atoms with E-state index in [-0.39, 0.29) is 55.6 Å². The molecule has 8 rings (SSSR count). The monoisotopic (exact) mass is 616 g/mol. The standard InChI is InChI=1S/C17H6O7.C16H6O6/c18-13(7-1-3-9-11(5-7)16(21)23-14(9)19)8-2-4-10-12(6-8)17(22)24-15(10)20;17-13-9-3-1-7(5-11(9)15(19)21-13)8-2-4-10-12(6-8)16(20)22-14(10)18/h1-6H;1-6H. The number of fused-ring (bicyclic) bond motifs is 4. The second-order valence-corrected chi connectivity index (χ2v) is 10.1. The molecule has 4 aromatic rings. The van der Waals surface area contributed by atoms with Crippen molar-refractivity contribution in [2.24, 2.45) is 0 Å². The Morgan fingerprint density at radius 1 is 0.326 bits per heavy atom. The van der Waals surface area contributed by atoms with Crippen molar-refractivity contribution in [3.8, 4) is 11.1 Å². The minimum atomic E-state index is -0.812. The highest BCUT2D eigenvalue weighted by Gasteiger charge is 2.34. The van der Waals surface area contributed by atoms with Crippen LogP contribution in [-0.2, 0) is 18.9 Å². The van der Waals surface area contributed by atoms with E-state index in [1.54, 1.807) is 12.1 Å². The van der Waals surface area contributed by atoms with Crippen molar-refractivity contribution in [1.82, 2.24) is 0 Å². The summed E-state index contributed by atoms with van der Waals surface area (Å²) in [6.45, 7) is 0. The fraction of sp³-hybridized carbons (Fsp3) is 0. The van der Waals surface area contributed by atoms with E-state index < -0.39 is 53.5 Å². The van der Waals surface area contributed by atoms with Crippen LogP contribution in [0.1, 0.15) is 98.8 Å². The lowest BCUT2D eigenvalue weighted by Crippen LogP contribution is -2.05. The van der Waals surface area contributed by atoms with Crippen LogP contribution in [0.25, 0.3) is 11.1 Å². The zero-order chi connectivity index (χ0) is 32.4. The van der Waals surface area contributed by atoms with Gasteiger partial charge in [-0.3, -0.25) is 4.79 Å². The Morgan fingerprint density at radius 2 is 0.587 bits per heavy atom. The van der Waals surface area contributed by atoms with Gasteiger partial charge in [0.05, 0.1) is 44.5 Å². The van der Waals surface area contributed by atoms with Crippen molar-refractivity contribution >= 4 is 53.5 Å². The Morgan fingerprint density at radius 3 is 0.913 bits per heavy atom. The molecule has 0 bridgehead atoms. The molecule has 13 nitrogen and oxygen atoms in total. The summed E-state index contributed by atoms with van der Waals surface area (Å²) in [4.78, 5) is 104. The van der Waals surface area contributed by atoms with Crippen LogP contribution in [0.3, 0.4) is 0 Å². The Balaban J connectivity index is 0.000000147. The van der Waals surface area contributed by atoms with Gasteiger partial charge in [0.25, 0.3) is 0 Å². The first-order valence-corrected chi connectivity index (χ1v) is 13.2. The fourth-order valence-electron chi connectivity index (χ4n) is 5.15. The van der Waals surface area contributed by atoms with Gasteiger partial charge < -0.3 is 18.9 Å². The lowest BCUT2D eigenvalue weighted by molar-refractivity contribution is 0.0425. The Kier molecular flexibility index (Phi) is 6.12. The van der Waals surface area contributed by atoms with Gasteiger partial charge in [-0.05, 0) is 59.7 Å². The maximum atomic E-state index is 12.5. The molecule has 0 atom stereocenters. The number of esters is 8. The average Bonchev–Trinajstić information content (AvgIpc) is 3.71. The molecule has 0 N–H and O–H groups in total. The molecule has 0 radical (unpaired) electrons. The number of ether oxygens (including phenoxy) is 4. The number of cyclic esters (lactones) is 8. The first-order chi connectivity index (χ1) is 22.0. The number of carbonyl (C=O) groups is 9. The number of benzene rings is 4. The highest BCUT2D eigenvalue weighted by molar-refractivity contribution is 6.20. The number of hydrogen-bond donors (Lipinski definition) is 0. The summed E-state index contributed by atoms with van der Waals surface area (Å²) in [5.74, 6) is -6.35. The third kappa shape index (κ3) is 4.38. The Labute approximate surface area is 255 Å². The normalized spacial score (nSPS) is 15.2. The number of rotatable bonds is 3. The molecule has 46 heavy (non-hydrogen) atoms. The van der Waals surface area contributed by atoms with Crippen LogP contribution < -0.4 is 0 Å². The minimum Gasteiger partial charge on any atom is -0.386 e. The summed E-state index contributed by atoms with van der Waals surface area (Å²) in [7, 11) is 0. The van der Waals surface area contributed by atoms with Crippen molar-refractivity contribution in [2.75, 3.05) is 0 Å². The van der Waals surface area contributed by atoms with Crippen molar-refractivity contribution < 1.29 is 62.1 Å². The number of ketones is 1. The smallest absolute Gasteiger partial charge is 0.346 e. The second kappa shape index (κ2) is 10.1. The van der Waals surface area contributed by atoms with Crippen LogP contribution in [0.4, 0.5) is 0 Å². The predicted molar refractivity (Wildman–Crippen MR) is 147 cm³/mol. The second-order valence-electron chi connectivity index (χ2n) is 10.1. The molecule has 4 aliphatic rings. The predicted octanol–water partition coefficient (Wildman–Crippen LogP) is 3.51. The molecule has 0 spiro atoms. The SMILES string of the molecule is O=C(c1ccc2c(c1)C(=O)OC2=O)c1ccc2c(c1)C(=O)OC2=O.O=C1OC(=O)c2cc(-c3ccc4c(c3)C(=O)OC4=O)ccc21. The van der Waals surface area contributed by atoms with E-state index in [2.05, 4.69) is 18.9 Å². The first-order valence-electron chi connectivity index (χ1n) is 13.2. The van der Waals surface area contributed by atoms with Crippen LogP contribution in [-0.4, -0.2) is 53.5 Å². The van der Waals surface area contributed by atoms with Crippen molar-refractivity contribution in [2.45, 2.75) is 0 Å². The van der Waals surface area contributed by atoms with Crippen LogP contribution in [0.5, 0.6) is 0 Å². The van der Waals surface area contributed by atoms with Gasteiger partial charge >= 0.3 is 47.8 Å². The molecular weight excluding hydrogens is 604 g/mol. The molecule has 0 aromatic heterocycles. The van der Waals surface area contributed by atoms with E-state index in [1.807, 2.05) is 0 Å². The van der Waals surface area contributed by atoms with Crippen LogP contribution >= 0.6 is 0 Å². The molecule has 0 unspecified atom stereocenters. The zero-order valence-electron chi connectivity index (χ0n) is 22.7. The zero-order valence-corrected chi connectivity index (χ0v) is 22.7. The molecule has 4 heterocycles. The highest BCUT2D eigenvalue weighted by atomic mass is 16.6. The third-order valence-corrected chi connectivity index (χ3v) is 7.44. The molecule has 0 fully saturated rings. The van der Waals surface area contributed by atoms with Gasteiger partial charge in [0.2, 0.25) is 0 Å². The van der Waals surface area contributed by atoms with Gasteiger partial charge in [0.15, 0.2) is 5.78 Å². The van der Waals surface area contributed by atoms with Gasteiger partial charge in [0.1, 0.15) is 0 Å². The Bertz CT molecular complexity index is 2070. The summed E-state index contributed by atoms with van der Waals surface area (Å²) < 4.78 is 18.0. The molecule has 0 aliphatic carbocycles. The first kappa shape index (κ1) is 27.9. The number of hydrogen-bond acceptors (Lipinski definition) is 13. The van der Waals surface area contributed by atoms with E-state index in [4.69, 9.17) is 0 Å². The van der Waals surface area contributed by atoms with Crippen LogP contribution in [0.2, 0.25) is 0 Å². The molecule has 0 amide bonds. The lowest BCUT2D eigenvalue weighted by atomic mass is 9.96. The van der Waals surface area contributed by atoms with Crippen LogP contribution in [0, 0.1) is 0 Å². The summed E-state index contributed by atoms with van der Waals surface area (Å²) in [6, 6.07) is 17.3. The van der Waals surface area contributed by atoms with Gasteiger partial charge in [0, 0.05) is 11.1 Å². The van der Waals surface area contributed by atoms with Crippen molar-refractivity contribution in [1.29, 1.82) is 0 Å².